The first-order valence-corrected chi connectivity index (χ1v) is 8.41. The van der Waals surface area contributed by atoms with Gasteiger partial charge >= 0.3 is 0 Å². The number of anilines is 1. The summed E-state index contributed by atoms with van der Waals surface area (Å²) in [7, 11) is 0. The molecule has 2 aliphatic rings. The molecule has 114 valence electrons. The summed E-state index contributed by atoms with van der Waals surface area (Å²) in [6, 6.07) is 16.4. The summed E-state index contributed by atoms with van der Waals surface area (Å²) in [5, 5.41) is 24.3. The number of aliphatic hydroxyl groups excluding tert-OH is 2. The first-order valence-electron chi connectivity index (χ1n) is 7.62. The SMILES string of the molecule is O[C@@H]1[C@@H]2c3ccccc3N[C@H](c3cccc(Br)c3)[C@@H]2C[C@@H]1O. The molecule has 3 nitrogen and oxygen atoms in total. The number of hydrogen-bond donors (Lipinski definition) is 3. The van der Waals surface area contributed by atoms with E-state index in [4.69, 9.17) is 0 Å². The van der Waals surface area contributed by atoms with E-state index in [0.717, 1.165) is 15.7 Å². The molecule has 4 heteroatoms. The van der Waals surface area contributed by atoms with Crippen LogP contribution >= 0.6 is 15.9 Å². The molecule has 0 spiro atoms. The summed E-state index contributed by atoms with van der Waals surface area (Å²) < 4.78 is 1.04. The highest BCUT2D eigenvalue weighted by Gasteiger charge is 2.49. The van der Waals surface area contributed by atoms with Crippen LogP contribution < -0.4 is 5.32 Å². The highest BCUT2D eigenvalue weighted by atomic mass is 79.9. The largest absolute Gasteiger partial charge is 0.390 e. The summed E-state index contributed by atoms with van der Waals surface area (Å²) in [5.74, 6) is 0.172. The van der Waals surface area contributed by atoms with Crippen molar-refractivity contribution in [1.29, 1.82) is 0 Å². The molecule has 1 heterocycles. The van der Waals surface area contributed by atoms with Crippen LogP contribution in [-0.4, -0.2) is 22.4 Å². The summed E-state index contributed by atoms with van der Waals surface area (Å²) >= 11 is 3.53. The van der Waals surface area contributed by atoms with Crippen LogP contribution in [0, 0.1) is 5.92 Å². The quantitative estimate of drug-likeness (QED) is 0.730. The fourth-order valence-electron chi connectivity index (χ4n) is 4.04. The molecule has 1 aliphatic carbocycles. The highest BCUT2D eigenvalue weighted by molar-refractivity contribution is 9.10. The fraction of sp³-hybridized carbons (Fsp3) is 0.333. The first-order chi connectivity index (χ1) is 10.6. The molecular weight excluding hydrogens is 342 g/mol. The summed E-state index contributed by atoms with van der Waals surface area (Å²) in [6.45, 7) is 0. The van der Waals surface area contributed by atoms with Gasteiger partial charge in [0.1, 0.15) is 0 Å². The second-order valence-corrected chi connectivity index (χ2v) is 7.16. The van der Waals surface area contributed by atoms with Gasteiger partial charge in [-0.3, -0.25) is 0 Å². The minimum Gasteiger partial charge on any atom is -0.390 e. The van der Waals surface area contributed by atoms with Crippen molar-refractivity contribution < 1.29 is 10.2 Å². The minimum atomic E-state index is -0.692. The fourth-order valence-corrected chi connectivity index (χ4v) is 4.46. The van der Waals surface area contributed by atoms with E-state index < -0.39 is 12.2 Å². The van der Waals surface area contributed by atoms with E-state index in [1.165, 1.54) is 5.56 Å². The lowest BCUT2D eigenvalue weighted by atomic mass is 9.76. The lowest BCUT2D eigenvalue weighted by molar-refractivity contribution is 0.0349. The molecule has 1 fully saturated rings. The van der Waals surface area contributed by atoms with Gasteiger partial charge in [-0.05, 0) is 41.7 Å². The maximum atomic E-state index is 10.5. The van der Waals surface area contributed by atoms with E-state index in [2.05, 4.69) is 39.4 Å². The Bertz CT molecular complexity index is 705. The Morgan fingerprint density at radius 3 is 2.68 bits per heavy atom. The van der Waals surface area contributed by atoms with Gasteiger partial charge in [-0.25, -0.2) is 0 Å². The average Bonchev–Trinajstić information content (AvgIpc) is 2.82. The Morgan fingerprint density at radius 1 is 1.05 bits per heavy atom. The first kappa shape index (κ1) is 14.2. The van der Waals surface area contributed by atoms with Crippen LogP contribution in [0.2, 0.25) is 0 Å². The van der Waals surface area contributed by atoms with Crippen LogP contribution in [0.4, 0.5) is 5.69 Å². The molecule has 0 aromatic heterocycles. The number of para-hydroxylation sites is 1. The molecule has 0 unspecified atom stereocenters. The Kier molecular flexibility index (Phi) is 3.48. The number of nitrogens with one attached hydrogen (secondary N) is 1. The molecule has 4 rings (SSSR count). The zero-order valence-corrected chi connectivity index (χ0v) is 13.6. The van der Waals surface area contributed by atoms with Gasteiger partial charge in [0.25, 0.3) is 0 Å². The van der Waals surface area contributed by atoms with Gasteiger partial charge in [0.15, 0.2) is 0 Å². The van der Waals surface area contributed by atoms with Crippen LogP contribution in [0.25, 0.3) is 0 Å². The molecule has 0 saturated heterocycles. The van der Waals surface area contributed by atoms with Gasteiger partial charge in [-0.15, -0.1) is 0 Å². The van der Waals surface area contributed by atoms with Crippen LogP contribution in [0.1, 0.15) is 29.5 Å². The monoisotopic (exact) mass is 359 g/mol. The van der Waals surface area contributed by atoms with Crippen LogP contribution in [0.15, 0.2) is 53.0 Å². The second-order valence-electron chi connectivity index (χ2n) is 6.25. The molecular formula is C18H18BrNO2. The Hall–Kier alpha value is -1.36. The van der Waals surface area contributed by atoms with E-state index in [9.17, 15) is 10.2 Å². The molecule has 22 heavy (non-hydrogen) atoms. The van der Waals surface area contributed by atoms with E-state index in [0.29, 0.717) is 6.42 Å². The Morgan fingerprint density at radius 2 is 1.86 bits per heavy atom. The normalized spacial score (nSPS) is 33.0. The molecule has 1 aliphatic heterocycles. The Balaban J connectivity index is 1.82. The van der Waals surface area contributed by atoms with E-state index in [-0.39, 0.29) is 17.9 Å². The van der Waals surface area contributed by atoms with Gasteiger partial charge in [-0.2, -0.15) is 0 Å². The predicted molar refractivity (Wildman–Crippen MR) is 89.8 cm³/mol. The third-order valence-corrected chi connectivity index (χ3v) is 5.50. The van der Waals surface area contributed by atoms with Crippen molar-refractivity contribution in [1.82, 2.24) is 0 Å². The summed E-state index contributed by atoms with van der Waals surface area (Å²) in [6.07, 6.45) is -0.731. The van der Waals surface area contributed by atoms with Crippen molar-refractivity contribution in [2.45, 2.75) is 30.6 Å². The van der Waals surface area contributed by atoms with Crippen molar-refractivity contribution in [2.75, 3.05) is 5.32 Å². The van der Waals surface area contributed by atoms with Gasteiger partial charge in [0.2, 0.25) is 0 Å². The van der Waals surface area contributed by atoms with E-state index >= 15 is 0 Å². The van der Waals surface area contributed by atoms with Crippen molar-refractivity contribution in [2.24, 2.45) is 5.92 Å². The van der Waals surface area contributed by atoms with Crippen molar-refractivity contribution >= 4 is 21.6 Å². The van der Waals surface area contributed by atoms with Gasteiger partial charge in [0.05, 0.1) is 18.2 Å². The number of halogens is 1. The average molecular weight is 360 g/mol. The number of fused-ring (bicyclic) bond motifs is 3. The minimum absolute atomic E-state index is 0.0172. The molecule has 0 amide bonds. The lowest BCUT2D eigenvalue weighted by Gasteiger charge is -2.38. The maximum Gasteiger partial charge on any atom is 0.0871 e. The molecule has 5 atom stereocenters. The third-order valence-electron chi connectivity index (χ3n) is 5.00. The molecule has 2 aromatic rings. The smallest absolute Gasteiger partial charge is 0.0871 e. The summed E-state index contributed by atoms with van der Waals surface area (Å²) in [4.78, 5) is 0. The third kappa shape index (κ3) is 2.18. The van der Waals surface area contributed by atoms with Crippen molar-refractivity contribution in [3.8, 4) is 0 Å². The zero-order chi connectivity index (χ0) is 15.3. The zero-order valence-electron chi connectivity index (χ0n) is 12.0. The number of benzene rings is 2. The molecule has 2 aromatic carbocycles. The van der Waals surface area contributed by atoms with Crippen LogP contribution in [-0.2, 0) is 0 Å². The molecule has 3 N–H and O–H groups in total. The standard InChI is InChI=1S/C18H18BrNO2/c19-11-5-3-4-10(8-11)17-13-9-15(21)18(22)16(13)12-6-1-2-7-14(12)20-17/h1-8,13,15-18,20-22H,9H2/t13-,15+,16-,17-,18+/m1/s1. The van der Waals surface area contributed by atoms with Crippen LogP contribution in [0.3, 0.4) is 0 Å². The van der Waals surface area contributed by atoms with Gasteiger partial charge in [0, 0.05) is 16.1 Å². The number of rotatable bonds is 1. The lowest BCUT2D eigenvalue weighted by Crippen LogP contribution is -2.32. The predicted octanol–water partition coefficient (Wildman–Crippen LogP) is 3.44. The number of aliphatic hydroxyl groups is 2. The molecule has 1 saturated carbocycles. The molecule has 0 radical (unpaired) electrons. The summed E-state index contributed by atoms with van der Waals surface area (Å²) in [5.41, 5.74) is 3.35. The topological polar surface area (TPSA) is 52.5 Å². The molecule has 0 bridgehead atoms. The van der Waals surface area contributed by atoms with E-state index in [1.807, 2.05) is 30.3 Å². The number of hydrogen-bond acceptors (Lipinski definition) is 3. The Labute approximate surface area is 138 Å². The van der Waals surface area contributed by atoms with Crippen molar-refractivity contribution in [3.63, 3.8) is 0 Å². The van der Waals surface area contributed by atoms with Gasteiger partial charge in [-0.1, -0.05) is 46.3 Å². The highest BCUT2D eigenvalue weighted by Crippen LogP contribution is 2.52. The van der Waals surface area contributed by atoms with Crippen molar-refractivity contribution in [3.05, 3.63) is 64.1 Å². The van der Waals surface area contributed by atoms with Gasteiger partial charge < -0.3 is 15.5 Å². The van der Waals surface area contributed by atoms with Crippen LogP contribution in [0.5, 0.6) is 0 Å². The maximum absolute atomic E-state index is 10.5. The van der Waals surface area contributed by atoms with E-state index in [1.54, 1.807) is 0 Å². The second kappa shape index (κ2) is 5.37.